The Morgan fingerprint density at radius 1 is 1.44 bits per heavy atom. The predicted molar refractivity (Wildman–Crippen MR) is 89.2 cm³/mol. The maximum absolute atomic E-state index is 13.2. The first-order valence-corrected chi connectivity index (χ1v) is 8.78. The highest BCUT2D eigenvalue weighted by Crippen LogP contribution is 2.25. The van der Waals surface area contributed by atoms with Gasteiger partial charge in [0, 0.05) is 30.6 Å². The Morgan fingerprint density at radius 3 is 2.92 bits per heavy atom. The minimum Gasteiger partial charge on any atom is -0.351 e. The lowest BCUT2D eigenvalue weighted by atomic mass is 10.0. The third-order valence-corrected chi connectivity index (χ3v) is 5.04. The average Bonchev–Trinajstić information content (AvgIpc) is 2.91. The van der Waals surface area contributed by atoms with E-state index in [1.807, 2.05) is 0 Å². The monoisotopic (exact) mass is 375 g/mol. The van der Waals surface area contributed by atoms with Gasteiger partial charge < -0.3 is 5.32 Å². The van der Waals surface area contributed by atoms with Crippen LogP contribution in [0, 0.1) is 5.82 Å². The number of rotatable bonds is 4. The number of amides is 1. The second kappa shape index (κ2) is 7.51. The number of hydrogen-bond donors (Lipinski definition) is 2. The number of alkyl halides is 2. The summed E-state index contributed by atoms with van der Waals surface area (Å²) in [6.07, 6.45) is 1.24. The number of piperidine rings is 1. The molecule has 2 heterocycles. The molecule has 2 saturated heterocycles. The minimum absolute atomic E-state index is 0.0866. The quantitative estimate of drug-likeness (QED) is 0.850. The average molecular weight is 376 g/mol. The molecular weight excluding hydrogens is 355 g/mol. The fourth-order valence-corrected chi connectivity index (χ4v) is 3.64. The van der Waals surface area contributed by atoms with Crippen LogP contribution in [0.4, 0.5) is 13.2 Å². The molecule has 3 rings (SSSR count). The van der Waals surface area contributed by atoms with Crippen LogP contribution in [0.25, 0.3) is 0 Å². The summed E-state index contributed by atoms with van der Waals surface area (Å²) >= 11 is 6.07. The van der Waals surface area contributed by atoms with Crippen molar-refractivity contribution in [1.29, 1.82) is 0 Å². The largest absolute Gasteiger partial charge is 0.351 e. The summed E-state index contributed by atoms with van der Waals surface area (Å²) in [5, 5.41) is 5.82. The molecule has 2 N–H and O–H groups in total. The molecular formula is C17H21ClF3N3O. The number of carbonyl (C=O) groups excluding carboxylic acids is 1. The van der Waals surface area contributed by atoms with Crippen molar-refractivity contribution in [1.82, 2.24) is 15.5 Å². The van der Waals surface area contributed by atoms with Gasteiger partial charge in [-0.2, -0.15) is 0 Å². The van der Waals surface area contributed by atoms with Crippen LogP contribution >= 0.6 is 11.6 Å². The summed E-state index contributed by atoms with van der Waals surface area (Å²) in [7, 11) is 0. The van der Waals surface area contributed by atoms with Gasteiger partial charge in [0.15, 0.2) is 0 Å². The molecule has 2 aliphatic heterocycles. The van der Waals surface area contributed by atoms with Gasteiger partial charge in [0.1, 0.15) is 5.82 Å². The number of nitrogens with one attached hydrogen (secondary N) is 2. The van der Waals surface area contributed by atoms with E-state index in [0.717, 1.165) is 24.9 Å². The first-order valence-electron chi connectivity index (χ1n) is 8.40. The summed E-state index contributed by atoms with van der Waals surface area (Å²) < 4.78 is 39.6. The van der Waals surface area contributed by atoms with Gasteiger partial charge in [-0.3, -0.25) is 15.0 Å². The number of halogens is 4. The third kappa shape index (κ3) is 4.86. The standard InChI is InChI=1S/C17H21ClF3N3O/c18-14-6-12(19)4-3-11(14)8-24-5-1-2-13(9-24)23-16(25)15-7-17(20,21)10-22-15/h3-4,6,13,15,22H,1-2,5,7-10H2,(H,23,25). The second-order valence-corrected chi connectivity index (χ2v) is 7.22. The van der Waals surface area contributed by atoms with Crippen molar-refractivity contribution in [2.24, 2.45) is 0 Å². The van der Waals surface area contributed by atoms with E-state index in [1.54, 1.807) is 6.07 Å². The molecule has 4 nitrogen and oxygen atoms in total. The topological polar surface area (TPSA) is 44.4 Å². The lowest BCUT2D eigenvalue weighted by Crippen LogP contribution is -2.51. The van der Waals surface area contributed by atoms with Gasteiger partial charge in [0.2, 0.25) is 5.91 Å². The van der Waals surface area contributed by atoms with Gasteiger partial charge in [-0.25, -0.2) is 13.2 Å². The first-order chi connectivity index (χ1) is 11.8. The SMILES string of the molecule is O=C(NC1CCCN(Cc2ccc(F)cc2Cl)C1)C1CC(F)(F)CN1. The van der Waals surface area contributed by atoms with Crippen LogP contribution in [-0.2, 0) is 11.3 Å². The Kier molecular flexibility index (Phi) is 5.55. The Labute approximate surface area is 149 Å². The number of nitrogens with zero attached hydrogens (tertiary/aromatic N) is 1. The maximum atomic E-state index is 13.2. The van der Waals surface area contributed by atoms with Crippen molar-refractivity contribution in [2.45, 2.75) is 43.8 Å². The van der Waals surface area contributed by atoms with Crippen molar-refractivity contribution >= 4 is 17.5 Å². The summed E-state index contributed by atoms with van der Waals surface area (Å²) in [6.45, 7) is 1.57. The second-order valence-electron chi connectivity index (χ2n) is 6.81. The normalized spacial score (nSPS) is 26.6. The Morgan fingerprint density at radius 2 is 2.24 bits per heavy atom. The molecule has 0 radical (unpaired) electrons. The van der Waals surface area contributed by atoms with E-state index >= 15 is 0 Å². The van der Waals surface area contributed by atoms with Crippen LogP contribution in [0.5, 0.6) is 0 Å². The summed E-state index contributed by atoms with van der Waals surface area (Å²) in [5.74, 6) is -3.57. The highest BCUT2D eigenvalue weighted by atomic mass is 35.5. The molecule has 1 amide bonds. The van der Waals surface area contributed by atoms with Crippen molar-refractivity contribution < 1.29 is 18.0 Å². The molecule has 2 fully saturated rings. The molecule has 138 valence electrons. The van der Waals surface area contributed by atoms with Crippen LogP contribution in [0.15, 0.2) is 18.2 Å². The fraction of sp³-hybridized carbons (Fsp3) is 0.588. The zero-order chi connectivity index (χ0) is 18.0. The highest BCUT2D eigenvalue weighted by Gasteiger charge is 2.42. The molecule has 2 aliphatic rings. The Balaban J connectivity index is 1.53. The van der Waals surface area contributed by atoms with Crippen LogP contribution in [-0.4, -0.2) is 48.4 Å². The fourth-order valence-electron chi connectivity index (χ4n) is 3.41. The number of likely N-dealkylation sites (tertiary alicyclic amines) is 1. The summed E-state index contributed by atoms with van der Waals surface area (Å²) in [4.78, 5) is 14.3. The van der Waals surface area contributed by atoms with Crippen molar-refractivity contribution in [3.8, 4) is 0 Å². The molecule has 2 unspecified atom stereocenters. The van der Waals surface area contributed by atoms with Gasteiger partial charge in [-0.1, -0.05) is 17.7 Å². The van der Waals surface area contributed by atoms with Crippen LogP contribution in [0.1, 0.15) is 24.8 Å². The molecule has 0 bridgehead atoms. The lowest BCUT2D eigenvalue weighted by molar-refractivity contribution is -0.124. The van der Waals surface area contributed by atoms with E-state index in [9.17, 15) is 18.0 Å². The molecule has 2 atom stereocenters. The van der Waals surface area contributed by atoms with Gasteiger partial charge in [0.25, 0.3) is 5.92 Å². The summed E-state index contributed by atoms with van der Waals surface area (Å²) in [5.41, 5.74) is 0.826. The van der Waals surface area contributed by atoms with Crippen LogP contribution < -0.4 is 10.6 Å². The molecule has 0 aliphatic carbocycles. The van der Waals surface area contributed by atoms with Gasteiger partial charge in [0.05, 0.1) is 12.6 Å². The molecule has 1 aromatic rings. The smallest absolute Gasteiger partial charge is 0.262 e. The summed E-state index contributed by atoms with van der Waals surface area (Å²) in [6, 6.07) is 3.39. The number of benzene rings is 1. The molecule has 0 aromatic heterocycles. The minimum atomic E-state index is -2.82. The zero-order valence-corrected chi connectivity index (χ0v) is 14.5. The van der Waals surface area contributed by atoms with Gasteiger partial charge >= 0.3 is 0 Å². The van der Waals surface area contributed by atoms with Gasteiger partial charge in [-0.15, -0.1) is 0 Å². The van der Waals surface area contributed by atoms with Crippen molar-refractivity contribution in [2.75, 3.05) is 19.6 Å². The highest BCUT2D eigenvalue weighted by molar-refractivity contribution is 6.31. The predicted octanol–water partition coefficient (Wildman–Crippen LogP) is 2.56. The van der Waals surface area contributed by atoms with E-state index in [2.05, 4.69) is 15.5 Å². The Bertz CT molecular complexity index is 644. The van der Waals surface area contributed by atoms with E-state index < -0.39 is 24.9 Å². The molecule has 1 aromatic carbocycles. The van der Waals surface area contributed by atoms with Crippen molar-refractivity contribution in [3.05, 3.63) is 34.6 Å². The van der Waals surface area contributed by atoms with E-state index in [0.29, 0.717) is 18.1 Å². The molecule has 0 saturated carbocycles. The zero-order valence-electron chi connectivity index (χ0n) is 13.7. The number of carbonyl (C=O) groups is 1. The van der Waals surface area contributed by atoms with Crippen LogP contribution in [0.3, 0.4) is 0 Å². The number of hydrogen-bond acceptors (Lipinski definition) is 3. The third-order valence-electron chi connectivity index (χ3n) is 4.69. The van der Waals surface area contributed by atoms with E-state index in [1.165, 1.54) is 12.1 Å². The first kappa shape index (κ1) is 18.5. The maximum Gasteiger partial charge on any atom is 0.262 e. The van der Waals surface area contributed by atoms with E-state index in [4.69, 9.17) is 11.6 Å². The molecule has 25 heavy (non-hydrogen) atoms. The molecule has 0 spiro atoms. The van der Waals surface area contributed by atoms with Gasteiger partial charge in [-0.05, 0) is 37.1 Å². The lowest BCUT2D eigenvalue weighted by Gasteiger charge is -2.33. The van der Waals surface area contributed by atoms with Crippen LogP contribution in [0.2, 0.25) is 5.02 Å². The van der Waals surface area contributed by atoms with E-state index in [-0.39, 0.29) is 17.8 Å². The Hall–Kier alpha value is -1.31. The van der Waals surface area contributed by atoms with Crippen molar-refractivity contribution in [3.63, 3.8) is 0 Å². The molecule has 8 heteroatoms.